The van der Waals surface area contributed by atoms with Gasteiger partial charge in [-0.3, -0.25) is 24.0 Å². The van der Waals surface area contributed by atoms with Gasteiger partial charge in [0.05, 0.1) is 11.5 Å². The van der Waals surface area contributed by atoms with Crippen molar-refractivity contribution in [3.05, 3.63) is 28.3 Å². The Kier molecular flexibility index (Phi) is 6.44. The number of phenolic OH excluding ortho intramolecular Hbond substituents is 1. The summed E-state index contributed by atoms with van der Waals surface area (Å²) in [4.78, 5) is 64.5. The SMILES string of the molecule is CCc1cc(CNCC(C)C)c(O)c2c1C[C@H]1C[C@H]3CC(=O)C(C(N)=O)C(=O)[C@@]3(O)C(=O)C1C2=O. The molecule has 9 nitrogen and oxygen atoms in total. The van der Waals surface area contributed by atoms with Crippen LogP contribution in [0.2, 0.25) is 0 Å². The lowest BCUT2D eigenvalue weighted by Crippen LogP contribution is -2.68. The lowest BCUT2D eigenvalue weighted by molar-refractivity contribution is -0.175. The molecule has 0 bridgehead atoms. The molecular formula is C26H32N2O7. The van der Waals surface area contributed by atoms with E-state index in [-0.39, 0.29) is 24.2 Å². The van der Waals surface area contributed by atoms with Crippen LogP contribution in [0.15, 0.2) is 6.07 Å². The first-order valence-electron chi connectivity index (χ1n) is 12.2. The predicted molar refractivity (Wildman–Crippen MR) is 124 cm³/mol. The zero-order valence-electron chi connectivity index (χ0n) is 20.2. The summed E-state index contributed by atoms with van der Waals surface area (Å²) in [6.07, 6.45) is 0.687. The number of amides is 1. The van der Waals surface area contributed by atoms with E-state index in [1.54, 1.807) is 0 Å². The molecule has 9 heteroatoms. The number of aryl methyl sites for hydroxylation is 1. The van der Waals surface area contributed by atoms with Gasteiger partial charge >= 0.3 is 0 Å². The minimum atomic E-state index is -2.62. The van der Waals surface area contributed by atoms with Crippen molar-refractivity contribution in [2.24, 2.45) is 35.3 Å². The Morgan fingerprint density at radius 2 is 1.86 bits per heavy atom. The Bertz CT molecular complexity index is 1140. The summed E-state index contributed by atoms with van der Waals surface area (Å²) in [5.41, 5.74) is 4.76. The van der Waals surface area contributed by atoms with Gasteiger partial charge < -0.3 is 21.3 Å². The van der Waals surface area contributed by atoms with Crippen molar-refractivity contribution in [3.63, 3.8) is 0 Å². The minimum absolute atomic E-state index is 0.0631. The van der Waals surface area contributed by atoms with E-state index in [0.29, 0.717) is 43.0 Å². The fraction of sp³-hybridized carbons (Fsp3) is 0.577. The highest BCUT2D eigenvalue weighted by Gasteiger charge is 2.66. The number of carbonyl (C=O) groups is 5. The summed E-state index contributed by atoms with van der Waals surface area (Å²) in [5.74, 6) is -9.39. The second kappa shape index (κ2) is 8.95. The molecule has 3 aliphatic carbocycles. The molecule has 2 saturated carbocycles. The molecule has 3 aliphatic rings. The van der Waals surface area contributed by atoms with Crippen LogP contribution in [-0.2, 0) is 38.6 Å². The van der Waals surface area contributed by atoms with Crippen molar-refractivity contribution in [3.8, 4) is 5.75 Å². The van der Waals surface area contributed by atoms with E-state index >= 15 is 0 Å². The molecule has 1 aromatic rings. The third-order valence-corrected chi connectivity index (χ3v) is 7.82. The Balaban J connectivity index is 1.76. The van der Waals surface area contributed by atoms with Crippen LogP contribution in [0.3, 0.4) is 0 Å². The highest BCUT2D eigenvalue weighted by Crippen LogP contribution is 2.50. The number of carbonyl (C=O) groups excluding carboxylic acids is 5. The zero-order valence-corrected chi connectivity index (χ0v) is 20.2. The van der Waals surface area contributed by atoms with Gasteiger partial charge in [0.25, 0.3) is 0 Å². The van der Waals surface area contributed by atoms with E-state index in [1.165, 1.54) is 0 Å². The Labute approximate surface area is 203 Å². The number of hydrogen-bond donors (Lipinski definition) is 4. The number of primary amides is 1. The first-order valence-corrected chi connectivity index (χ1v) is 12.2. The van der Waals surface area contributed by atoms with Crippen molar-refractivity contribution in [1.82, 2.24) is 5.32 Å². The van der Waals surface area contributed by atoms with Crippen molar-refractivity contribution in [2.75, 3.05) is 6.54 Å². The molecule has 35 heavy (non-hydrogen) atoms. The van der Waals surface area contributed by atoms with Gasteiger partial charge in [-0.15, -0.1) is 0 Å². The standard InChI is InChI=1S/C26H32N2O7/c1-4-12-5-14(10-28-9-11(2)3)21(30)19-16(12)7-13-6-15-8-17(29)20(25(27)34)24(33)26(15,35)23(32)18(13)22(19)31/h5,11,13,15,18,20,28,30,35H,4,6-10H2,1-3H3,(H2,27,34)/t13-,15+,18?,20?,26+/m1/s1. The van der Waals surface area contributed by atoms with Gasteiger partial charge in [0.2, 0.25) is 5.91 Å². The summed E-state index contributed by atoms with van der Waals surface area (Å²) in [6, 6.07) is 1.88. The first-order chi connectivity index (χ1) is 16.4. The van der Waals surface area contributed by atoms with E-state index < -0.39 is 58.3 Å². The lowest BCUT2D eigenvalue weighted by Gasteiger charge is -2.48. The maximum absolute atomic E-state index is 13.7. The maximum Gasteiger partial charge on any atom is 0.235 e. The number of nitrogens with one attached hydrogen (secondary N) is 1. The number of aromatic hydroxyl groups is 1. The van der Waals surface area contributed by atoms with Gasteiger partial charge in [-0.05, 0) is 48.8 Å². The summed E-state index contributed by atoms with van der Waals surface area (Å²) >= 11 is 0. The van der Waals surface area contributed by atoms with Crippen molar-refractivity contribution in [2.45, 2.75) is 58.6 Å². The van der Waals surface area contributed by atoms with Crippen molar-refractivity contribution >= 4 is 29.0 Å². The number of rotatable bonds is 6. The molecule has 0 saturated heterocycles. The Hall–Kier alpha value is -2.91. The molecule has 0 radical (unpaired) electrons. The van der Waals surface area contributed by atoms with Crippen LogP contribution in [-0.4, -0.2) is 51.4 Å². The second-order valence-electron chi connectivity index (χ2n) is 10.5. The number of phenols is 1. The van der Waals surface area contributed by atoms with Crippen LogP contribution in [0.1, 0.15) is 60.7 Å². The van der Waals surface area contributed by atoms with Crippen LogP contribution in [0.5, 0.6) is 5.75 Å². The van der Waals surface area contributed by atoms with Crippen molar-refractivity contribution < 1.29 is 34.2 Å². The number of Topliss-reactive ketones (excluding diaryl/α,β-unsaturated/α-hetero) is 4. The normalized spacial score (nSPS) is 30.2. The molecule has 5 N–H and O–H groups in total. The predicted octanol–water partition coefficient (Wildman–Crippen LogP) is 0.635. The molecule has 4 rings (SSSR count). The second-order valence-corrected chi connectivity index (χ2v) is 10.5. The Morgan fingerprint density at radius 3 is 2.46 bits per heavy atom. The molecule has 0 aliphatic heterocycles. The molecule has 5 atom stereocenters. The number of nitrogens with two attached hydrogens (primary N) is 1. The molecule has 0 spiro atoms. The summed E-state index contributed by atoms with van der Waals surface area (Å²) in [6.45, 7) is 7.10. The maximum atomic E-state index is 13.7. The zero-order chi connectivity index (χ0) is 25.8. The van der Waals surface area contributed by atoms with Crippen LogP contribution in [0.4, 0.5) is 0 Å². The fourth-order valence-corrected chi connectivity index (χ4v) is 6.12. The third kappa shape index (κ3) is 3.81. The van der Waals surface area contributed by atoms with Crippen LogP contribution in [0.25, 0.3) is 0 Å². The third-order valence-electron chi connectivity index (χ3n) is 7.82. The largest absolute Gasteiger partial charge is 0.507 e. The monoisotopic (exact) mass is 484 g/mol. The molecule has 0 aromatic heterocycles. The molecular weight excluding hydrogens is 452 g/mol. The summed E-state index contributed by atoms with van der Waals surface area (Å²) < 4.78 is 0. The van der Waals surface area contributed by atoms with Crippen LogP contribution >= 0.6 is 0 Å². The van der Waals surface area contributed by atoms with Gasteiger partial charge in [-0.25, -0.2) is 0 Å². The number of aliphatic hydroxyl groups is 1. The van der Waals surface area contributed by atoms with E-state index in [4.69, 9.17) is 5.73 Å². The number of benzene rings is 1. The quantitative estimate of drug-likeness (QED) is 0.427. The molecule has 1 amide bonds. The van der Waals surface area contributed by atoms with E-state index in [1.807, 2.05) is 13.0 Å². The minimum Gasteiger partial charge on any atom is -0.507 e. The topological polar surface area (TPSA) is 164 Å². The van der Waals surface area contributed by atoms with Crippen LogP contribution in [0, 0.1) is 29.6 Å². The van der Waals surface area contributed by atoms with Gasteiger partial charge in [-0.1, -0.05) is 26.8 Å². The molecule has 1 aromatic carbocycles. The average Bonchev–Trinajstić information content (AvgIpc) is 2.77. The first kappa shape index (κ1) is 25.2. The summed E-state index contributed by atoms with van der Waals surface area (Å²) in [5, 5.41) is 25.6. The van der Waals surface area contributed by atoms with Gasteiger partial charge in [0, 0.05) is 24.4 Å². The molecule has 2 unspecified atom stereocenters. The van der Waals surface area contributed by atoms with Gasteiger partial charge in [-0.2, -0.15) is 0 Å². The fourth-order valence-electron chi connectivity index (χ4n) is 6.12. The van der Waals surface area contributed by atoms with E-state index in [2.05, 4.69) is 19.2 Å². The molecule has 2 fully saturated rings. The van der Waals surface area contributed by atoms with Crippen molar-refractivity contribution in [1.29, 1.82) is 0 Å². The van der Waals surface area contributed by atoms with E-state index in [0.717, 1.165) is 5.56 Å². The van der Waals surface area contributed by atoms with Crippen LogP contribution < -0.4 is 11.1 Å². The highest BCUT2D eigenvalue weighted by molar-refractivity contribution is 6.31. The van der Waals surface area contributed by atoms with E-state index in [9.17, 15) is 34.2 Å². The lowest BCUT2D eigenvalue weighted by atomic mass is 9.53. The smallest absolute Gasteiger partial charge is 0.235 e. The molecule has 0 heterocycles. The number of hydrogen-bond acceptors (Lipinski definition) is 8. The molecule has 188 valence electrons. The highest BCUT2D eigenvalue weighted by atomic mass is 16.3. The number of ketones is 4. The Morgan fingerprint density at radius 1 is 1.17 bits per heavy atom. The summed E-state index contributed by atoms with van der Waals surface area (Å²) in [7, 11) is 0. The number of fused-ring (bicyclic) bond motifs is 3. The average molecular weight is 485 g/mol. The van der Waals surface area contributed by atoms with Gasteiger partial charge in [0.1, 0.15) is 5.75 Å². The van der Waals surface area contributed by atoms with Gasteiger partial charge in [0.15, 0.2) is 34.7 Å².